The van der Waals surface area contributed by atoms with E-state index in [4.69, 9.17) is 15.3 Å². The van der Waals surface area contributed by atoms with Gasteiger partial charge in [-0.1, -0.05) is 25.1 Å². The first-order valence-corrected chi connectivity index (χ1v) is 7.92. The highest BCUT2D eigenvalue weighted by molar-refractivity contribution is 7.10. The summed E-state index contributed by atoms with van der Waals surface area (Å²) in [5.41, 5.74) is 5.29. The van der Waals surface area contributed by atoms with E-state index < -0.39 is 0 Å². The van der Waals surface area contributed by atoms with Gasteiger partial charge in [0, 0.05) is 17.6 Å². The summed E-state index contributed by atoms with van der Waals surface area (Å²) in [5.74, 6) is 6.66. The van der Waals surface area contributed by atoms with Gasteiger partial charge in [0.05, 0.1) is 12.6 Å². The predicted molar refractivity (Wildman–Crippen MR) is 86.7 cm³/mol. The van der Waals surface area contributed by atoms with Crippen LogP contribution in [0.15, 0.2) is 35.7 Å². The molecule has 1 aromatic carbocycles. The molecule has 0 fully saturated rings. The molecule has 2 aromatic rings. The zero-order valence-corrected chi connectivity index (χ0v) is 13.3. The lowest BCUT2D eigenvalue weighted by atomic mass is 10.0. The molecule has 1 aromatic heterocycles. The van der Waals surface area contributed by atoms with Crippen LogP contribution in [0.4, 0.5) is 0 Å². The van der Waals surface area contributed by atoms with E-state index in [0.717, 1.165) is 17.7 Å². The molecule has 5 heteroatoms. The maximum Gasteiger partial charge on any atom is 0.124 e. The van der Waals surface area contributed by atoms with Gasteiger partial charge in [-0.3, -0.25) is 5.84 Å². The highest BCUT2D eigenvalue weighted by atomic mass is 32.1. The van der Waals surface area contributed by atoms with Crippen molar-refractivity contribution < 1.29 is 9.47 Å². The molecule has 0 spiro atoms. The Morgan fingerprint density at radius 2 is 2.05 bits per heavy atom. The molecule has 0 saturated carbocycles. The third-order valence-corrected chi connectivity index (χ3v) is 4.39. The summed E-state index contributed by atoms with van der Waals surface area (Å²) in [4.78, 5) is 1.24. The maximum absolute atomic E-state index is 5.82. The molecule has 1 heterocycles. The normalized spacial score (nSPS) is 12.3. The molecule has 21 heavy (non-hydrogen) atoms. The monoisotopic (exact) mass is 306 g/mol. The Morgan fingerprint density at radius 1 is 1.24 bits per heavy atom. The highest BCUT2D eigenvalue weighted by Crippen LogP contribution is 2.34. The first-order valence-electron chi connectivity index (χ1n) is 7.04. The lowest BCUT2D eigenvalue weighted by Crippen LogP contribution is -2.29. The molecule has 0 aliphatic rings. The van der Waals surface area contributed by atoms with E-state index >= 15 is 0 Å². The lowest BCUT2D eigenvalue weighted by Gasteiger charge is -2.20. The first kappa shape index (κ1) is 16.0. The van der Waals surface area contributed by atoms with E-state index in [-0.39, 0.29) is 6.04 Å². The Bertz CT molecular complexity index is 557. The van der Waals surface area contributed by atoms with Crippen LogP contribution in [-0.4, -0.2) is 20.3 Å². The van der Waals surface area contributed by atoms with Crippen LogP contribution in [0.5, 0.6) is 5.75 Å². The van der Waals surface area contributed by atoms with Crippen LogP contribution in [0.3, 0.4) is 0 Å². The molecule has 0 aliphatic heterocycles. The van der Waals surface area contributed by atoms with Crippen LogP contribution in [0.1, 0.15) is 29.0 Å². The minimum Gasteiger partial charge on any atom is -0.491 e. The van der Waals surface area contributed by atoms with Crippen LogP contribution in [0, 0.1) is 0 Å². The average molecular weight is 306 g/mol. The molecular weight excluding hydrogens is 284 g/mol. The second-order valence-corrected chi connectivity index (χ2v) is 5.59. The number of thiophene rings is 1. The van der Waals surface area contributed by atoms with Crippen molar-refractivity contribution in [3.05, 3.63) is 51.7 Å². The van der Waals surface area contributed by atoms with Gasteiger partial charge in [-0.2, -0.15) is 0 Å². The van der Waals surface area contributed by atoms with Crippen molar-refractivity contribution >= 4 is 11.3 Å². The van der Waals surface area contributed by atoms with Gasteiger partial charge in [0.15, 0.2) is 0 Å². The van der Waals surface area contributed by atoms with Crippen molar-refractivity contribution in [2.45, 2.75) is 19.4 Å². The molecule has 3 N–H and O–H groups in total. The predicted octanol–water partition coefficient (Wildman–Crippen LogP) is 2.89. The number of aryl methyl sites for hydroxylation is 1. The zero-order valence-electron chi connectivity index (χ0n) is 12.5. The SMILES string of the molecule is CCc1ccsc1C(NN)c1ccccc1OCCOC. The fourth-order valence-electron chi connectivity index (χ4n) is 2.28. The zero-order chi connectivity index (χ0) is 15.1. The van der Waals surface area contributed by atoms with Crippen molar-refractivity contribution in [2.75, 3.05) is 20.3 Å². The molecular formula is C16H22N2O2S. The summed E-state index contributed by atoms with van der Waals surface area (Å²) in [5, 5.41) is 2.10. The third-order valence-electron chi connectivity index (χ3n) is 3.37. The van der Waals surface area contributed by atoms with Gasteiger partial charge in [0.25, 0.3) is 0 Å². The number of hydrazine groups is 1. The summed E-state index contributed by atoms with van der Waals surface area (Å²) in [6.07, 6.45) is 0.990. The Hall–Kier alpha value is -1.40. The standard InChI is InChI=1S/C16H22N2O2S/c1-3-12-8-11-21-16(12)15(18-17)13-6-4-5-7-14(13)20-10-9-19-2/h4-8,11,15,18H,3,9-10,17H2,1-2H3. The Kier molecular flexibility index (Phi) is 6.20. The summed E-state index contributed by atoms with van der Waals surface area (Å²) >= 11 is 1.72. The van der Waals surface area contributed by atoms with E-state index in [2.05, 4.69) is 23.8 Å². The van der Waals surface area contributed by atoms with Gasteiger partial charge < -0.3 is 9.47 Å². The van der Waals surface area contributed by atoms with Gasteiger partial charge in [-0.25, -0.2) is 5.43 Å². The van der Waals surface area contributed by atoms with Gasteiger partial charge >= 0.3 is 0 Å². The van der Waals surface area contributed by atoms with E-state index in [0.29, 0.717) is 13.2 Å². The minimum atomic E-state index is -0.0568. The molecule has 0 amide bonds. The summed E-state index contributed by atoms with van der Waals surface area (Å²) in [6.45, 7) is 3.24. The number of nitrogens with two attached hydrogens (primary N) is 1. The smallest absolute Gasteiger partial charge is 0.124 e. The Balaban J connectivity index is 2.29. The van der Waals surface area contributed by atoms with Crippen LogP contribution < -0.4 is 16.0 Å². The van der Waals surface area contributed by atoms with Crippen LogP contribution >= 0.6 is 11.3 Å². The summed E-state index contributed by atoms with van der Waals surface area (Å²) in [7, 11) is 1.67. The van der Waals surface area contributed by atoms with Crippen molar-refractivity contribution in [1.82, 2.24) is 5.43 Å². The van der Waals surface area contributed by atoms with Gasteiger partial charge in [0.1, 0.15) is 12.4 Å². The molecule has 0 saturated heterocycles. The van der Waals surface area contributed by atoms with Crippen LogP contribution in [0.25, 0.3) is 0 Å². The number of hydrogen-bond acceptors (Lipinski definition) is 5. The number of benzene rings is 1. The highest BCUT2D eigenvalue weighted by Gasteiger charge is 2.20. The van der Waals surface area contributed by atoms with Crippen molar-refractivity contribution in [3.8, 4) is 5.75 Å². The molecule has 1 unspecified atom stereocenters. The van der Waals surface area contributed by atoms with E-state index in [9.17, 15) is 0 Å². The fourth-order valence-corrected chi connectivity index (χ4v) is 3.36. The van der Waals surface area contributed by atoms with Gasteiger partial charge in [-0.15, -0.1) is 11.3 Å². The molecule has 114 valence electrons. The number of para-hydroxylation sites is 1. The van der Waals surface area contributed by atoms with Crippen molar-refractivity contribution in [2.24, 2.45) is 5.84 Å². The molecule has 2 rings (SSSR count). The maximum atomic E-state index is 5.82. The number of hydrogen-bond donors (Lipinski definition) is 2. The van der Waals surface area contributed by atoms with Crippen molar-refractivity contribution in [3.63, 3.8) is 0 Å². The van der Waals surface area contributed by atoms with E-state index in [1.807, 2.05) is 24.3 Å². The van der Waals surface area contributed by atoms with E-state index in [1.165, 1.54) is 10.4 Å². The molecule has 0 radical (unpaired) electrons. The topological polar surface area (TPSA) is 56.5 Å². The molecule has 4 nitrogen and oxygen atoms in total. The molecule has 0 aliphatic carbocycles. The molecule has 1 atom stereocenters. The second kappa shape index (κ2) is 8.14. The van der Waals surface area contributed by atoms with Gasteiger partial charge in [-0.05, 0) is 29.5 Å². The summed E-state index contributed by atoms with van der Waals surface area (Å²) in [6, 6.07) is 10.1. The number of methoxy groups -OCH3 is 1. The average Bonchev–Trinajstić information content (AvgIpc) is 2.98. The van der Waals surface area contributed by atoms with Crippen LogP contribution in [0.2, 0.25) is 0 Å². The van der Waals surface area contributed by atoms with E-state index in [1.54, 1.807) is 18.4 Å². The Labute approximate surface area is 129 Å². The lowest BCUT2D eigenvalue weighted by molar-refractivity contribution is 0.145. The number of ether oxygens (including phenoxy) is 2. The number of nitrogens with one attached hydrogen (secondary N) is 1. The quantitative estimate of drug-likeness (QED) is 0.447. The first-order chi connectivity index (χ1) is 10.3. The van der Waals surface area contributed by atoms with Crippen LogP contribution in [-0.2, 0) is 11.2 Å². The molecule has 0 bridgehead atoms. The van der Waals surface area contributed by atoms with Crippen molar-refractivity contribution in [1.29, 1.82) is 0 Å². The third kappa shape index (κ3) is 3.83. The number of rotatable bonds is 8. The fraction of sp³-hybridized carbons (Fsp3) is 0.375. The Morgan fingerprint density at radius 3 is 2.76 bits per heavy atom. The largest absolute Gasteiger partial charge is 0.491 e. The second-order valence-electron chi connectivity index (χ2n) is 4.64. The summed E-state index contributed by atoms with van der Waals surface area (Å²) < 4.78 is 10.9. The minimum absolute atomic E-state index is 0.0568. The van der Waals surface area contributed by atoms with Gasteiger partial charge in [0.2, 0.25) is 0 Å².